The van der Waals surface area contributed by atoms with Gasteiger partial charge >= 0.3 is 12.4 Å². The lowest BCUT2D eigenvalue weighted by molar-refractivity contribution is -0.142. The molecule has 2 aliphatic rings. The van der Waals surface area contributed by atoms with Gasteiger partial charge in [-0.2, -0.15) is 31.4 Å². The molecule has 1 aliphatic carbocycles. The van der Waals surface area contributed by atoms with Crippen molar-refractivity contribution in [3.63, 3.8) is 0 Å². The van der Waals surface area contributed by atoms with Gasteiger partial charge in [0.05, 0.1) is 11.5 Å². The summed E-state index contributed by atoms with van der Waals surface area (Å²) in [6.07, 6.45) is -7.69. The molecule has 0 radical (unpaired) electrons. The van der Waals surface area contributed by atoms with Gasteiger partial charge in [0.15, 0.2) is 5.82 Å². The molecule has 0 aromatic carbocycles. The number of halogens is 6. The van der Waals surface area contributed by atoms with Crippen LogP contribution in [0.25, 0.3) is 0 Å². The Labute approximate surface area is 166 Å². The third kappa shape index (κ3) is 3.29. The van der Waals surface area contributed by atoms with Crippen LogP contribution in [0.4, 0.5) is 32.2 Å². The molecule has 2 atom stereocenters. The van der Waals surface area contributed by atoms with Gasteiger partial charge in [-0.3, -0.25) is 14.9 Å². The lowest BCUT2D eigenvalue weighted by Crippen LogP contribution is -2.43. The van der Waals surface area contributed by atoms with Crippen LogP contribution in [0.2, 0.25) is 0 Å². The highest BCUT2D eigenvalue weighted by Gasteiger charge is 2.52. The van der Waals surface area contributed by atoms with Crippen LogP contribution in [0.3, 0.4) is 0 Å². The zero-order valence-electron chi connectivity index (χ0n) is 15.8. The monoisotopic (exact) mass is 430 g/mol. The summed E-state index contributed by atoms with van der Waals surface area (Å²) in [5.41, 5.74) is -3.77. The molecule has 1 N–H and O–H groups in total. The van der Waals surface area contributed by atoms with Gasteiger partial charge in [0.2, 0.25) is 0 Å². The third-order valence-corrected chi connectivity index (χ3v) is 5.47. The van der Waals surface area contributed by atoms with Gasteiger partial charge in [-0.05, 0) is 23.5 Å². The van der Waals surface area contributed by atoms with Gasteiger partial charge < -0.3 is 0 Å². The number of nitrogens with one attached hydrogen (secondary N) is 1. The summed E-state index contributed by atoms with van der Waals surface area (Å²) in [4.78, 5) is 20.9. The number of alkyl halides is 6. The number of aliphatic imine (C=N–C) groups is 1. The highest BCUT2D eigenvalue weighted by Crippen LogP contribution is 2.53. The average Bonchev–Trinajstić information content (AvgIpc) is 3.02. The molecule has 2 aromatic heterocycles. The van der Waals surface area contributed by atoms with Crippen LogP contribution in [0.15, 0.2) is 23.5 Å². The molecular weight excluding hydrogens is 414 g/mol. The van der Waals surface area contributed by atoms with Crippen molar-refractivity contribution in [2.24, 2.45) is 16.3 Å². The molecule has 0 bridgehead atoms. The first-order valence-corrected chi connectivity index (χ1v) is 9.06. The number of Topliss-reactive ketones (excluding diaryl/α,β-unsaturated/α-hetero) is 1. The Hall–Kier alpha value is -2.72. The summed E-state index contributed by atoms with van der Waals surface area (Å²) >= 11 is 0. The summed E-state index contributed by atoms with van der Waals surface area (Å²) < 4.78 is 82.0. The fourth-order valence-electron chi connectivity index (χ4n) is 4.40. The maximum absolute atomic E-state index is 13.7. The number of rotatable bonds is 1. The predicted octanol–water partition coefficient (Wildman–Crippen LogP) is 5.07. The highest BCUT2D eigenvalue weighted by molar-refractivity contribution is 6.11. The molecule has 160 valence electrons. The van der Waals surface area contributed by atoms with Crippen LogP contribution in [-0.2, 0) is 17.1 Å². The molecule has 1 saturated carbocycles. The van der Waals surface area contributed by atoms with E-state index in [-0.39, 0.29) is 24.4 Å². The second-order valence-corrected chi connectivity index (χ2v) is 8.34. The summed E-state index contributed by atoms with van der Waals surface area (Å²) in [6.45, 7) is 3.59. The maximum Gasteiger partial charge on any atom is 0.433 e. The minimum absolute atomic E-state index is 0.0172. The van der Waals surface area contributed by atoms with Crippen LogP contribution in [0.5, 0.6) is 0 Å². The Bertz CT molecular complexity index is 1050. The van der Waals surface area contributed by atoms with Crippen LogP contribution in [0.1, 0.15) is 55.0 Å². The van der Waals surface area contributed by atoms with Crippen LogP contribution in [-0.4, -0.2) is 26.7 Å². The molecule has 0 saturated heterocycles. The predicted molar refractivity (Wildman–Crippen MR) is 93.3 cm³/mol. The van der Waals surface area contributed by atoms with E-state index >= 15 is 0 Å². The smallest absolute Gasteiger partial charge is 0.299 e. The molecule has 1 fully saturated rings. The number of aromatic amines is 1. The minimum Gasteiger partial charge on any atom is -0.299 e. The van der Waals surface area contributed by atoms with Crippen LogP contribution >= 0.6 is 0 Å². The number of fused-ring (bicyclic) bond motifs is 2. The van der Waals surface area contributed by atoms with E-state index in [0.29, 0.717) is 6.07 Å². The number of pyridine rings is 1. The largest absolute Gasteiger partial charge is 0.433 e. The summed E-state index contributed by atoms with van der Waals surface area (Å²) in [5.74, 6) is -3.58. The van der Waals surface area contributed by atoms with E-state index in [1.807, 2.05) is 5.10 Å². The van der Waals surface area contributed by atoms with Crippen LogP contribution < -0.4 is 0 Å². The first-order valence-electron chi connectivity index (χ1n) is 9.06. The third-order valence-electron chi connectivity index (χ3n) is 5.47. The molecular formula is C19H16F6N4O. The average molecular weight is 430 g/mol. The van der Waals surface area contributed by atoms with Crippen molar-refractivity contribution in [2.45, 2.75) is 45.0 Å². The summed E-state index contributed by atoms with van der Waals surface area (Å²) in [7, 11) is 0. The van der Waals surface area contributed by atoms with E-state index in [2.05, 4.69) is 15.1 Å². The van der Waals surface area contributed by atoms with Crippen molar-refractivity contribution in [1.29, 1.82) is 0 Å². The van der Waals surface area contributed by atoms with E-state index < -0.39 is 57.8 Å². The molecule has 0 spiro atoms. The number of ketones is 1. The Morgan fingerprint density at radius 1 is 1.07 bits per heavy atom. The van der Waals surface area contributed by atoms with Crippen molar-refractivity contribution < 1.29 is 31.1 Å². The number of hydrogen-bond acceptors (Lipinski definition) is 4. The molecule has 0 amide bonds. The Morgan fingerprint density at radius 3 is 2.40 bits per heavy atom. The van der Waals surface area contributed by atoms with Gasteiger partial charge in [-0.25, -0.2) is 4.99 Å². The number of aromatic nitrogens is 3. The van der Waals surface area contributed by atoms with E-state index in [4.69, 9.17) is 0 Å². The molecule has 1 aliphatic heterocycles. The van der Waals surface area contributed by atoms with Gasteiger partial charge in [-0.15, -0.1) is 0 Å². The van der Waals surface area contributed by atoms with Crippen molar-refractivity contribution >= 4 is 17.3 Å². The van der Waals surface area contributed by atoms with E-state index in [1.54, 1.807) is 13.8 Å². The Morgan fingerprint density at radius 2 is 1.77 bits per heavy atom. The van der Waals surface area contributed by atoms with Crippen molar-refractivity contribution in [1.82, 2.24) is 15.2 Å². The van der Waals surface area contributed by atoms with Gasteiger partial charge in [0, 0.05) is 36.0 Å². The molecule has 11 heteroatoms. The molecule has 4 rings (SSSR count). The fraction of sp³-hybridized carbons (Fsp3) is 0.474. The fourth-order valence-corrected chi connectivity index (χ4v) is 4.40. The normalized spacial score (nSPS) is 23.6. The molecule has 3 heterocycles. The molecule has 2 aromatic rings. The number of hydrogen-bond donors (Lipinski definition) is 1. The number of H-pyrrole nitrogens is 1. The quantitative estimate of drug-likeness (QED) is 0.643. The lowest BCUT2D eigenvalue weighted by Gasteiger charge is -2.40. The number of carbonyl (C=O) groups excluding carboxylic acids is 1. The second kappa shape index (κ2) is 6.39. The summed E-state index contributed by atoms with van der Waals surface area (Å²) in [6, 6.07) is 0.699. The first kappa shape index (κ1) is 20.5. The number of carbonyl (C=O) groups is 1. The van der Waals surface area contributed by atoms with Crippen molar-refractivity contribution in [3.8, 4) is 0 Å². The number of nitrogens with zero attached hydrogens (tertiary/aromatic N) is 3. The minimum atomic E-state index is -4.91. The van der Waals surface area contributed by atoms with E-state index in [0.717, 1.165) is 12.4 Å². The summed E-state index contributed by atoms with van der Waals surface area (Å²) in [5, 5.41) is 5.47. The van der Waals surface area contributed by atoms with Gasteiger partial charge in [0.25, 0.3) is 0 Å². The Balaban J connectivity index is 2.02. The molecule has 2 unspecified atom stereocenters. The van der Waals surface area contributed by atoms with Crippen molar-refractivity contribution in [3.05, 3.63) is 40.8 Å². The van der Waals surface area contributed by atoms with Gasteiger partial charge in [-0.1, -0.05) is 13.8 Å². The first-order chi connectivity index (χ1) is 13.8. The van der Waals surface area contributed by atoms with E-state index in [1.165, 1.54) is 0 Å². The SMILES string of the molecule is CC1(C)CC(=O)C2C(=Nc3n[nH]c(C(F)(F)F)c3C2c2cnccc2C(F)(F)F)C1. The highest BCUT2D eigenvalue weighted by atomic mass is 19.4. The topological polar surface area (TPSA) is 71.0 Å². The van der Waals surface area contributed by atoms with Crippen molar-refractivity contribution in [2.75, 3.05) is 0 Å². The van der Waals surface area contributed by atoms with Gasteiger partial charge in [0.1, 0.15) is 11.5 Å². The van der Waals surface area contributed by atoms with Crippen LogP contribution in [0, 0.1) is 11.3 Å². The Kier molecular flexibility index (Phi) is 4.37. The molecule has 5 nitrogen and oxygen atoms in total. The standard InChI is InChI=1S/C19H16F6N4O/c1-17(2)5-10-13(11(30)6-17)12(8-7-26-4-3-9(8)18(20,21)22)14-15(19(23,24)25)28-29-16(14)27-10/h3-4,7,12-13H,5-6H2,1-2H3,(H,28,29). The molecule has 30 heavy (non-hydrogen) atoms. The van der Waals surface area contributed by atoms with E-state index in [9.17, 15) is 31.1 Å². The second-order valence-electron chi connectivity index (χ2n) is 8.34. The maximum atomic E-state index is 13.7. The zero-order valence-corrected chi connectivity index (χ0v) is 15.8. The lowest BCUT2D eigenvalue weighted by atomic mass is 9.63. The zero-order chi connectivity index (χ0) is 22.1.